The summed E-state index contributed by atoms with van der Waals surface area (Å²) in [4.78, 5) is 0. The maximum Gasteiger partial charge on any atom is 0.805 e. The predicted octanol–water partition coefficient (Wildman–Crippen LogP) is 3.42. The van der Waals surface area contributed by atoms with Crippen LogP contribution in [0.5, 0.6) is 11.5 Å². The number of para-hydroxylation sites is 2. The molecule has 0 aliphatic carbocycles. The highest BCUT2D eigenvalue weighted by atomic mass is 31.1. The number of hydrogen-bond donors (Lipinski definition) is 0. The third kappa shape index (κ3) is 4.73. The normalized spacial score (nSPS) is 8.94. The van der Waals surface area contributed by atoms with Crippen molar-refractivity contribution in [3.05, 3.63) is 60.7 Å². The Kier molecular flexibility index (Phi) is 5.98. The van der Waals surface area contributed by atoms with Crippen LogP contribution in [-0.4, -0.2) is 23.1 Å². The largest absolute Gasteiger partial charge is 0.805 e. The summed E-state index contributed by atoms with van der Waals surface area (Å²) in [5.41, 5.74) is 0. The standard InChI is InChI=1S/C12H10O3P.Mg/c13-16(14-11-7-3-1-4-8-11)15-12-9-5-2-6-10-12;/h1-10H;/q+1;. The van der Waals surface area contributed by atoms with Crippen LogP contribution in [0.25, 0.3) is 0 Å². The molecular weight excluding hydrogens is 247 g/mol. The lowest BCUT2D eigenvalue weighted by atomic mass is 10.3. The van der Waals surface area contributed by atoms with E-state index in [-0.39, 0.29) is 23.1 Å². The third-order valence-corrected chi connectivity index (χ3v) is 2.57. The Bertz CT molecular complexity index is 418. The van der Waals surface area contributed by atoms with Gasteiger partial charge in [-0.3, -0.25) is 0 Å². The molecule has 0 N–H and O–H groups in total. The van der Waals surface area contributed by atoms with E-state index in [1.807, 2.05) is 12.1 Å². The van der Waals surface area contributed by atoms with Gasteiger partial charge in [0, 0.05) is 27.6 Å². The summed E-state index contributed by atoms with van der Waals surface area (Å²) in [6.07, 6.45) is 0. The SMILES string of the molecule is O=[P+](Oc1ccccc1)Oc1ccccc1.[Mg]. The second-order valence-corrected chi connectivity index (χ2v) is 3.84. The van der Waals surface area contributed by atoms with Gasteiger partial charge in [-0.1, -0.05) is 36.4 Å². The summed E-state index contributed by atoms with van der Waals surface area (Å²) in [5.74, 6) is 1.05. The van der Waals surface area contributed by atoms with E-state index >= 15 is 0 Å². The molecular formula is C12H10MgO3P+. The summed E-state index contributed by atoms with van der Waals surface area (Å²) < 4.78 is 21.7. The van der Waals surface area contributed by atoms with Crippen LogP contribution in [0.4, 0.5) is 0 Å². The van der Waals surface area contributed by atoms with Gasteiger partial charge in [-0.25, -0.2) is 9.05 Å². The van der Waals surface area contributed by atoms with Gasteiger partial charge >= 0.3 is 8.25 Å². The molecule has 0 aliphatic rings. The molecule has 5 heteroatoms. The van der Waals surface area contributed by atoms with Gasteiger partial charge < -0.3 is 0 Å². The van der Waals surface area contributed by atoms with Crippen LogP contribution in [0, 0.1) is 0 Å². The van der Waals surface area contributed by atoms with E-state index in [1.54, 1.807) is 48.5 Å². The van der Waals surface area contributed by atoms with Crippen molar-refractivity contribution in [3.8, 4) is 11.5 Å². The molecule has 17 heavy (non-hydrogen) atoms. The first-order valence-corrected chi connectivity index (χ1v) is 5.87. The van der Waals surface area contributed by atoms with Gasteiger partial charge in [0.1, 0.15) is 0 Å². The molecule has 2 rings (SSSR count). The zero-order chi connectivity index (χ0) is 11.2. The average molecular weight is 257 g/mol. The fraction of sp³-hybridized carbons (Fsp3) is 0. The Hall–Kier alpha value is -1.09. The highest BCUT2D eigenvalue weighted by Crippen LogP contribution is 2.29. The van der Waals surface area contributed by atoms with E-state index in [4.69, 9.17) is 9.05 Å². The topological polar surface area (TPSA) is 35.5 Å². The van der Waals surface area contributed by atoms with E-state index in [0.29, 0.717) is 11.5 Å². The highest BCUT2D eigenvalue weighted by molar-refractivity contribution is 7.34. The van der Waals surface area contributed by atoms with Crippen LogP contribution >= 0.6 is 8.25 Å². The summed E-state index contributed by atoms with van der Waals surface area (Å²) in [7, 11) is -2.18. The minimum absolute atomic E-state index is 0. The highest BCUT2D eigenvalue weighted by Gasteiger charge is 2.23. The average Bonchev–Trinajstić information content (AvgIpc) is 2.31. The lowest BCUT2D eigenvalue weighted by Crippen LogP contribution is -1.87. The van der Waals surface area contributed by atoms with E-state index in [1.165, 1.54) is 0 Å². The van der Waals surface area contributed by atoms with E-state index < -0.39 is 8.25 Å². The molecule has 3 nitrogen and oxygen atoms in total. The Balaban J connectivity index is 0.00000144. The molecule has 2 aromatic carbocycles. The second kappa shape index (κ2) is 7.27. The van der Waals surface area contributed by atoms with Crippen molar-refractivity contribution in [2.45, 2.75) is 0 Å². The first-order valence-electron chi connectivity index (χ1n) is 4.78. The van der Waals surface area contributed by atoms with Crippen LogP contribution < -0.4 is 9.05 Å². The fourth-order valence-corrected chi connectivity index (χ4v) is 1.78. The lowest BCUT2D eigenvalue weighted by Gasteiger charge is -1.92. The minimum Gasteiger partial charge on any atom is -0.222 e. The molecule has 82 valence electrons. The second-order valence-electron chi connectivity index (χ2n) is 3.03. The molecule has 0 saturated carbocycles. The van der Waals surface area contributed by atoms with E-state index in [9.17, 15) is 4.57 Å². The van der Waals surface area contributed by atoms with E-state index in [0.717, 1.165) is 0 Å². The van der Waals surface area contributed by atoms with Crippen LogP contribution in [0.2, 0.25) is 0 Å². The number of rotatable bonds is 4. The van der Waals surface area contributed by atoms with Crippen molar-refractivity contribution in [3.63, 3.8) is 0 Å². The molecule has 0 heterocycles. The monoisotopic (exact) mass is 257 g/mol. The lowest BCUT2D eigenvalue weighted by molar-refractivity contribution is 0.415. The van der Waals surface area contributed by atoms with Crippen molar-refractivity contribution in [1.82, 2.24) is 0 Å². The quantitative estimate of drug-likeness (QED) is 0.622. The fourth-order valence-electron chi connectivity index (χ4n) is 1.15. The number of benzene rings is 2. The molecule has 0 unspecified atom stereocenters. The molecule has 0 amide bonds. The van der Waals surface area contributed by atoms with Crippen molar-refractivity contribution >= 4 is 31.3 Å². The zero-order valence-electron chi connectivity index (χ0n) is 9.15. The molecule has 0 spiro atoms. The molecule has 0 aliphatic heterocycles. The maximum absolute atomic E-state index is 11.5. The summed E-state index contributed by atoms with van der Waals surface area (Å²) >= 11 is 0. The van der Waals surface area contributed by atoms with Crippen molar-refractivity contribution < 1.29 is 13.6 Å². The minimum atomic E-state index is -2.18. The Morgan fingerprint density at radius 2 is 1.06 bits per heavy atom. The van der Waals surface area contributed by atoms with Crippen molar-refractivity contribution in [2.24, 2.45) is 0 Å². The Labute approximate surface area is 117 Å². The van der Waals surface area contributed by atoms with Gasteiger partial charge in [0.15, 0.2) is 11.5 Å². The van der Waals surface area contributed by atoms with Gasteiger partial charge in [0.25, 0.3) is 0 Å². The van der Waals surface area contributed by atoms with Crippen LogP contribution in [0.3, 0.4) is 0 Å². The summed E-state index contributed by atoms with van der Waals surface area (Å²) in [5, 5.41) is 0. The van der Waals surface area contributed by atoms with Gasteiger partial charge in [-0.15, -0.1) is 0 Å². The molecule has 0 fully saturated rings. The zero-order valence-corrected chi connectivity index (χ0v) is 11.5. The molecule has 0 saturated heterocycles. The molecule has 0 bridgehead atoms. The van der Waals surface area contributed by atoms with Crippen LogP contribution in [-0.2, 0) is 4.57 Å². The first-order chi connectivity index (χ1) is 7.84. The first kappa shape index (κ1) is 14.0. The van der Waals surface area contributed by atoms with E-state index in [2.05, 4.69) is 0 Å². The van der Waals surface area contributed by atoms with Gasteiger partial charge in [0.2, 0.25) is 0 Å². The van der Waals surface area contributed by atoms with Crippen molar-refractivity contribution in [1.29, 1.82) is 0 Å². The van der Waals surface area contributed by atoms with Gasteiger partial charge in [-0.05, 0) is 24.3 Å². The predicted molar refractivity (Wildman–Crippen MR) is 67.5 cm³/mol. The smallest absolute Gasteiger partial charge is 0.222 e. The molecule has 2 radical (unpaired) electrons. The molecule has 0 aromatic heterocycles. The maximum atomic E-state index is 11.5. The summed E-state index contributed by atoms with van der Waals surface area (Å²) in [6.45, 7) is 0. The Morgan fingerprint density at radius 3 is 1.41 bits per heavy atom. The molecule has 2 aromatic rings. The van der Waals surface area contributed by atoms with Crippen LogP contribution in [0.15, 0.2) is 60.7 Å². The van der Waals surface area contributed by atoms with Gasteiger partial charge in [-0.2, -0.15) is 0 Å². The van der Waals surface area contributed by atoms with Gasteiger partial charge in [0.05, 0.1) is 0 Å². The number of hydrogen-bond acceptors (Lipinski definition) is 3. The summed E-state index contributed by atoms with van der Waals surface area (Å²) in [6, 6.07) is 17.8. The molecule has 0 atom stereocenters. The van der Waals surface area contributed by atoms with Crippen LogP contribution in [0.1, 0.15) is 0 Å². The van der Waals surface area contributed by atoms with Crippen molar-refractivity contribution in [2.75, 3.05) is 0 Å². The third-order valence-electron chi connectivity index (χ3n) is 1.85. The Morgan fingerprint density at radius 1 is 0.706 bits per heavy atom.